The molecule has 1 aromatic carbocycles. The maximum Gasteiger partial charge on any atom is 0.317 e. The normalized spacial score (nSPS) is 16.5. The van der Waals surface area contributed by atoms with Gasteiger partial charge in [0.1, 0.15) is 0 Å². The van der Waals surface area contributed by atoms with E-state index < -0.39 is 27.6 Å². The quantitative estimate of drug-likeness (QED) is 0.742. The van der Waals surface area contributed by atoms with Gasteiger partial charge >= 0.3 is 5.97 Å². The predicted molar refractivity (Wildman–Crippen MR) is 95.7 cm³/mol. The maximum absolute atomic E-state index is 13.4. The molecule has 0 amide bonds. The van der Waals surface area contributed by atoms with Gasteiger partial charge in [-0.15, -0.1) is 12.4 Å². The van der Waals surface area contributed by atoms with E-state index in [0.29, 0.717) is 31.5 Å². The van der Waals surface area contributed by atoms with Crippen molar-refractivity contribution < 1.29 is 27.1 Å². The molecule has 26 heavy (non-hydrogen) atoms. The molecule has 0 bridgehead atoms. The van der Waals surface area contributed by atoms with E-state index in [4.69, 9.17) is 5.11 Å². The number of hydrogen-bond acceptors (Lipinski definition) is 4. The van der Waals surface area contributed by atoms with Crippen molar-refractivity contribution in [3.8, 4) is 0 Å². The molecule has 1 heterocycles. The molecule has 0 aromatic heterocycles. The minimum absolute atomic E-state index is 0. The summed E-state index contributed by atoms with van der Waals surface area (Å²) < 4.78 is 51.7. The summed E-state index contributed by atoms with van der Waals surface area (Å²) in [6.07, 6.45) is 0.992. The molecule has 1 fully saturated rings. The lowest BCUT2D eigenvalue weighted by Gasteiger charge is -2.37. The van der Waals surface area contributed by atoms with E-state index in [1.165, 1.54) is 10.4 Å². The molecule has 0 aliphatic carbocycles. The second kappa shape index (κ2) is 9.59. The molecule has 0 saturated carbocycles. The first-order valence-corrected chi connectivity index (χ1v) is 9.71. The van der Waals surface area contributed by atoms with Gasteiger partial charge in [-0.2, -0.15) is 0 Å². The molecule has 0 unspecified atom stereocenters. The molecule has 148 valence electrons. The number of hydrogen-bond donors (Lipinski definition) is 1. The highest BCUT2D eigenvalue weighted by atomic mass is 35.5. The molecule has 1 aliphatic rings. The molecule has 1 saturated heterocycles. The highest BCUT2D eigenvalue weighted by Gasteiger charge is 2.30. The lowest BCUT2D eigenvalue weighted by atomic mass is 10.0. The standard InChI is InChI=1S/C16H22F2N2O4S.ClH/c1-2-25(23,24)20-7-5-13(6-8-20)19(11-16(21)22)10-12-3-4-14(17)15(18)9-12;/h3-4,9,13H,2,5-8,10-11H2,1H3,(H,21,22);1H. The van der Waals surface area contributed by atoms with E-state index in [0.717, 1.165) is 12.1 Å². The zero-order chi connectivity index (χ0) is 18.6. The van der Waals surface area contributed by atoms with Crippen molar-refractivity contribution in [2.75, 3.05) is 25.4 Å². The van der Waals surface area contributed by atoms with Crippen LogP contribution in [0.5, 0.6) is 0 Å². The number of carboxylic acids is 1. The van der Waals surface area contributed by atoms with E-state index in [1.54, 1.807) is 11.8 Å². The molecule has 0 spiro atoms. The first-order chi connectivity index (χ1) is 11.7. The number of piperidine rings is 1. The van der Waals surface area contributed by atoms with Crippen LogP contribution in [0.1, 0.15) is 25.3 Å². The van der Waals surface area contributed by atoms with Gasteiger partial charge in [0.15, 0.2) is 11.6 Å². The van der Waals surface area contributed by atoms with Crippen molar-refractivity contribution in [1.82, 2.24) is 9.21 Å². The predicted octanol–water partition coefficient (Wildman–Crippen LogP) is 2.09. The molecule has 0 atom stereocenters. The smallest absolute Gasteiger partial charge is 0.317 e. The van der Waals surface area contributed by atoms with Gasteiger partial charge in [-0.05, 0) is 37.5 Å². The van der Waals surface area contributed by atoms with Crippen LogP contribution in [0, 0.1) is 11.6 Å². The number of sulfonamides is 1. The number of aliphatic carboxylic acids is 1. The second-order valence-electron chi connectivity index (χ2n) is 6.08. The van der Waals surface area contributed by atoms with Crippen molar-refractivity contribution in [2.45, 2.75) is 32.4 Å². The van der Waals surface area contributed by atoms with Crippen molar-refractivity contribution in [3.05, 3.63) is 35.4 Å². The lowest BCUT2D eigenvalue weighted by Crippen LogP contribution is -2.48. The first-order valence-electron chi connectivity index (χ1n) is 8.10. The van der Waals surface area contributed by atoms with Crippen LogP contribution >= 0.6 is 12.4 Å². The Balaban J connectivity index is 0.00000338. The molecule has 2 rings (SSSR count). The molecule has 0 radical (unpaired) electrons. The highest BCUT2D eigenvalue weighted by Crippen LogP contribution is 2.21. The fraction of sp³-hybridized carbons (Fsp3) is 0.562. The number of halogens is 3. The highest BCUT2D eigenvalue weighted by molar-refractivity contribution is 7.89. The fourth-order valence-corrected chi connectivity index (χ4v) is 4.16. The number of benzene rings is 1. The summed E-state index contributed by atoms with van der Waals surface area (Å²) >= 11 is 0. The van der Waals surface area contributed by atoms with Gasteiger partial charge in [0.25, 0.3) is 0 Å². The number of carbonyl (C=O) groups is 1. The lowest BCUT2D eigenvalue weighted by molar-refractivity contribution is -0.139. The third-order valence-corrected chi connectivity index (χ3v) is 6.29. The van der Waals surface area contributed by atoms with E-state index in [1.807, 2.05) is 0 Å². The average Bonchev–Trinajstić information content (AvgIpc) is 2.57. The fourth-order valence-electron chi connectivity index (χ4n) is 3.03. The van der Waals surface area contributed by atoms with Crippen molar-refractivity contribution in [3.63, 3.8) is 0 Å². The van der Waals surface area contributed by atoms with Crippen molar-refractivity contribution in [1.29, 1.82) is 0 Å². The molecule has 6 nitrogen and oxygen atoms in total. The average molecular weight is 413 g/mol. The third kappa shape index (κ3) is 5.87. The molecular formula is C16H23ClF2N2O4S. The van der Waals surface area contributed by atoms with Gasteiger partial charge in [0, 0.05) is 25.7 Å². The zero-order valence-electron chi connectivity index (χ0n) is 14.4. The Bertz CT molecular complexity index is 725. The summed E-state index contributed by atoms with van der Waals surface area (Å²) in [5.41, 5.74) is 0.476. The summed E-state index contributed by atoms with van der Waals surface area (Å²) in [6, 6.07) is 3.36. The third-order valence-electron chi connectivity index (χ3n) is 4.41. The van der Waals surface area contributed by atoms with Gasteiger partial charge in [-0.1, -0.05) is 6.07 Å². The maximum atomic E-state index is 13.4. The van der Waals surface area contributed by atoms with E-state index in [-0.39, 0.29) is 37.3 Å². The van der Waals surface area contributed by atoms with Crippen LogP contribution in [0.4, 0.5) is 8.78 Å². The van der Waals surface area contributed by atoms with Crippen LogP contribution in [-0.4, -0.2) is 60.1 Å². The molecule has 1 aliphatic heterocycles. The van der Waals surface area contributed by atoms with Crippen LogP contribution in [0.2, 0.25) is 0 Å². The van der Waals surface area contributed by atoms with Gasteiger partial charge < -0.3 is 5.11 Å². The topological polar surface area (TPSA) is 77.9 Å². The Morgan fingerprint density at radius 3 is 2.38 bits per heavy atom. The Kier molecular flexibility index (Phi) is 8.39. The summed E-state index contributed by atoms with van der Waals surface area (Å²) in [6.45, 7) is 2.16. The largest absolute Gasteiger partial charge is 0.480 e. The van der Waals surface area contributed by atoms with Crippen LogP contribution in [0.25, 0.3) is 0 Å². The molecule has 1 aromatic rings. The monoisotopic (exact) mass is 412 g/mol. The Hall–Kier alpha value is -1.29. The van der Waals surface area contributed by atoms with Crippen LogP contribution in [-0.2, 0) is 21.4 Å². The Morgan fingerprint density at radius 1 is 1.27 bits per heavy atom. The Morgan fingerprint density at radius 2 is 1.88 bits per heavy atom. The van der Waals surface area contributed by atoms with Gasteiger partial charge in [0.2, 0.25) is 10.0 Å². The van der Waals surface area contributed by atoms with Crippen molar-refractivity contribution >= 4 is 28.4 Å². The zero-order valence-corrected chi connectivity index (χ0v) is 16.0. The van der Waals surface area contributed by atoms with E-state index in [9.17, 15) is 22.0 Å². The van der Waals surface area contributed by atoms with Gasteiger partial charge in [0.05, 0.1) is 12.3 Å². The van der Waals surface area contributed by atoms with Gasteiger partial charge in [-0.3, -0.25) is 9.69 Å². The SMILES string of the molecule is CCS(=O)(=O)N1CCC(N(CC(=O)O)Cc2ccc(F)c(F)c2)CC1.Cl. The van der Waals surface area contributed by atoms with E-state index in [2.05, 4.69) is 0 Å². The van der Waals surface area contributed by atoms with Crippen LogP contribution in [0.3, 0.4) is 0 Å². The summed E-state index contributed by atoms with van der Waals surface area (Å²) in [5.74, 6) is -2.92. The molecule has 10 heteroatoms. The number of nitrogens with zero attached hydrogens (tertiary/aromatic N) is 2. The Labute approximate surface area is 158 Å². The van der Waals surface area contributed by atoms with Gasteiger partial charge in [-0.25, -0.2) is 21.5 Å². The minimum Gasteiger partial charge on any atom is -0.480 e. The summed E-state index contributed by atoms with van der Waals surface area (Å²) in [4.78, 5) is 12.8. The summed E-state index contributed by atoms with van der Waals surface area (Å²) in [7, 11) is -3.26. The number of rotatable bonds is 7. The van der Waals surface area contributed by atoms with Crippen LogP contribution in [0.15, 0.2) is 18.2 Å². The molecule has 1 N–H and O–H groups in total. The van der Waals surface area contributed by atoms with Crippen LogP contribution < -0.4 is 0 Å². The van der Waals surface area contributed by atoms with E-state index >= 15 is 0 Å². The second-order valence-corrected chi connectivity index (χ2v) is 8.34. The number of carboxylic acid groups (broad SMARTS) is 1. The minimum atomic E-state index is -3.26. The van der Waals surface area contributed by atoms with Crippen molar-refractivity contribution in [2.24, 2.45) is 0 Å². The molecular weight excluding hydrogens is 390 g/mol. The first kappa shape index (κ1) is 22.8. The summed E-state index contributed by atoms with van der Waals surface area (Å²) in [5, 5.41) is 9.13.